The molecule has 0 saturated carbocycles. The van der Waals surface area contributed by atoms with Crippen molar-refractivity contribution in [1.29, 1.82) is 0 Å². The first-order chi connectivity index (χ1) is 15.5. The Morgan fingerprint density at radius 3 is 2.39 bits per heavy atom. The van der Waals surface area contributed by atoms with E-state index >= 15 is 0 Å². The Balaban J connectivity index is 0.00000385. The summed E-state index contributed by atoms with van der Waals surface area (Å²) in [6, 6.07) is 11.0. The number of nitrogens with one attached hydrogen (secondary N) is 2. The van der Waals surface area contributed by atoms with E-state index in [4.69, 9.17) is 9.47 Å². The standard InChI is InChI=1S/C24H33FN4O3.HI/c1-4-26-24(28-16-18-6-8-22(31-2)23(14-18)32-3)27-15-17-5-7-21(20(25)13-17)29-11-9-19(30)10-12-29;/h5-8,13-14,19,30H,4,9-12,15-16H2,1-3H3,(H2,26,27,28);1H. The first kappa shape index (κ1) is 27.0. The lowest BCUT2D eigenvalue weighted by Crippen LogP contribution is -2.36. The van der Waals surface area contributed by atoms with Crippen LogP contribution in [0.1, 0.15) is 30.9 Å². The van der Waals surface area contributed by atoms with Crippen molar-refractivity contribution in [1.82, 2.24) is 10.6 Å². The van der Waals surface area contributed by atoms with E-state index in [0.717, 1.165) is 11.1 Å². The van der Waals surface area contributed by atoms with Crippen molar-refractivity contribution in [3.05, 3.63) is 53.3 Å². The first-order valence-electron chi connectivity index (χ1n) is 11.0. The molecule has 0 unspecified atom stereocenters. The zero-order valence-corrected chi connectivity index (χ0v) is 21.8. The molecular formula is C24H34FIN4O3. The molecule has 1 aliphatic rings. The summed E-state index contributed by atoms with van der Waals surface area (Å²) in [6.07, 6.45) is 1.06. The van der Waals surface area contributed by atoms with Crippen LogP contribution in [0.3, 0.4) is 0 Å². The van der Waals surface area contributed by atoms with Crippen molar-refractivity contribution in [3.8, 4) is 11.5 Å². The first-order valence-corrected chi connectivity index (χ1v) is 11.0. The number of piperidine rings is 1. The lowest BCUT2D eigenvalue weighted by atomic mass is 10.1. The van der Waals surface area contributed by atoms with Gasteiger partial charge in [0.15, 0.2) is 17.5 Å². The number of hydrogen-bond donors (Lipinski definition) is 3. The molecule has 9 heteroatoms. The summed E-state index contributed by atoms with van der Waals surface area (Å²) in [5.41, 5.74) is 2.41. The van der Waals surface area contributed by atoms with Gasteiger partial charge in [-0.25, -0.2) is 9.38 Å². The molecule has 7 nitrogen and oxygen atoms in total. The molecule has 1 fully saturated rings. The van der Waals surface area contributed by atoms with Crippen LogP contribution >= 0.6 is 24.0 Å². The highest BCUT2D eigenvalue weighted by molar-refractivity contribution is 14.0. The van der Waals surface area contributed by atoms with Crippen LogP contribution in [0.2, 0.25) is 0 Å². The lowest BCUT2D eigenvalue weighted by molar-refractivity contribution is 0.145. The van der Waals surface area contributed by atoms with Gasteiger partial charge in [-0.3, -0.25) is 0 Å². The fraction of sp³-hybridized carbons (Fsp3) is 0.458. The fourth-order valence-corrected chi connectivity index (χ4v) is 3.70. The van der Waals surface area contributed by atoms with Gasteiger partial charge in [-0.15, -0.1) is 24.0 Å². The van der Waals surface area contributed by atoms with Gasteiger partial charge in [0.05, 0.1) is 32.6 Å². The average Bonchev–Trinajstić information content (AvgIpc) is 2.81. The maximum Gasteiger partial charge on any atom is 0.191 e. The van der Waals surface area contributed by atoms with Gasteiger partial charge in [-0.1, -0.05) is 12.1 Å². The molecule has 0 aliphatic carbocycles. The Labute approximate surface area is 212 Å². The third-order valence-corrected chi connectivity index (χ3v) is 5.49. The fourth-order valence-electron chi connectivity index (χ4n) is 3.70. The number of nitrogens with zero attached hydrogens (tertiary/aromatic N) is 2. The molecular weight excluding hydrogens is 538 g/mol. The molecule has 0 radical (unpaired) electrons. The number of aliphatic hydroxyl groups excluding tert-OH is 1. The Hall–Kier alpha value is -2.27. The molecule has 3 N–H and O–H groups in total. The van der Waals surface area contributed by atoms with Gasteiger partial charge in [0.1, 0.15) is 5.82 Å². The van der Waals surface area contributed by atoms with Gasteiger partial charge < -0.3 is 30.1 Å². The number of hydrogen-bond acceptors (Lipinski definition) is 5. The topological polar surface area (TPSA) is 78.4 Å². The number of rotatable bonds is 8. The van der Waals surface area contributed by atoms with E-state index in [1.807, 2.05) is 42.2 Å². The summed E-state index contributed by atoms with van der Waals surface area (Å²) >= 11 is 0. The summed E-state index contributed by atoms with van der Waals surface area (Å²) in [4.78, 5) is 6.58. The number of aliphatic imine (C=N–C) groups is 1. The average molecular weight is 572 g/mol. The van der Waals surface area contributed by atoms with E-state index < -0.39 is 0 Å². The molecule has 0 atom stereocenters. The summed E-state index contributed by atoms with van der Waals surface area (Å²) in [5.74, 6) is 1.75. The second-order valence-corrected chi connectivity index (χ2v) is 7.74. The summed E-state index contributed by atoms with van der Waals surface area (Å²) in [7, 11) is 3.22. The van der Waals surface area contributed by atoms with E-state index in [2.05, 4.69) is 15.6 Å². The van der Waals surface area contributed by atoms with E-state index in [1.54, 1.807) is 20.3 Å². The lowest BCUT2D eigenvalue weighted by Gasteiger charge is -2.31. The van der Waals surface area contributed by atoms with Crippen LogP contribution in [0, 0.1) is 5.82 Å². The van der Waals surface area contributed by atoms with Crippen LogP contribution in [0.15, 0.2) is 41.4 Å². The smallest absolute Gasteiger partial charge is 0.191 e. The van der Waals surface area contributed by atoms with Crippen LogP contribution in [-0.4, -0.2) is 51.0 Å². The number of benzene rings is 2. The predicted molar refractivity (Wildman–Crippen MR) is 140 cm³/mol. The third kappa shape index (κ3) is 7.63. The highest BCUT2D eigenvalue weighted by atomic mass is 127. The summed E-state index contributed by atoms with van der Waals surface area (Å²) < 4.78 is 25.3. The zero-order chi connectivity index (χ0) is 22.9. The zero-order valence-electron chi connectivity index (χ0n) is 19.4. The van der Waals surface area contributed by atoms with E-state index in [9.17, 15) is 9.50 Å². The highest BCUT2D eigenvalue weighted by Crippen LogP contribution is 2.27. The van der Waals surface area contributed by atoms with E-state index in [0.29, 0.717) is 68.7 Å². The maximum absolute atomic E-state index is 14.7. The molecule has 1 heterocycles. The monoisotopic (exact) mass is 572 g/mol. The van der Waals surface area contributed by atoms with Crippen LogP contribution in [0.5, 0.6) is 11.5 Å². The largest absolute Gasteiger partial charge is 0.493 e. The second kappa shape index (κ2) is 13.4. The maximum atomic E-state index is 14.7. The molecule has 2 aromatic rings. The quantitative estimate of drug-likeness (QED) is 0.255. The molecule has 3 rings (SSSR count). The van der Waals surface area contributed by atoms with Crippen LogP contribution in [0.4, 0.5) is 10.1 Å². The summed E-state index contributed by atoms with van der Waals surface area (Å²) in [5, 5.41) is 16.2. The number of methoxy groups -OCH3 is 2. The minimum Gasteiger partial charge on any atom is -0.493 e. The number of ether oxygens (including phenoxy) is 2. The Morgan fingerprint density at radius 1 is 1.06 bits per heavy atom. The van der Waals surface area contributed by atoms with Crippen LogP contribution in [-0.2, 0) is 13.1 Å². The molecule has 0 amide bonds. The molecule has 1 aliphatic heterocycles. The van der Waals surface area contributed by atoms with Crippen molar-refractivity contribution in [2.24, 2.45) is 4.99 Å². The van der Waals surface area contributed by atoms with Gasteiger partial charge in [0, 0.05) is 26.2 Å². The molecule has 0 spiro atoms. The minimum absolute atomic E-state index is 0. The number of guanidine groups is 1. The van der Waals surface area contributed by atoms with Crippen molar-refractivity contribution in [2.45, 2.75) is 39.0 Å². The molecule has 0 bridgehead atoms. The number of anilines is 1. The van der Waals surface area contributed by atoms with Gasteiger partial charge >= 0.3 is 0 Å². The van der Waals surface area contributed by atoms with Crippen LogP contribution < -0.4 is 25.0 Å². The van der Waals surface area contributed by atoms with Crippen LogP contribution in [0.25, 0.3) is 0 Å². The van der Waals surface area contributed by atoms with E-state index in [1.165, 1.54) is 0 Å². The van der Waals surface area contributed by atoms with Gasteiger partial charge in [0.25, 0.3) is 0 Å². The van der Waals surface area contributed by atoms with Crippen molar-refractivity contribution < 1.29 is 19.0 Å². The van der Waals surface area contributed by atoms with Crippen molar-refractivity contribution in [2.75, 3.05) is 38.8 Å². The summed E-state index contributed by atoms with van der Waals surface area (Å²) in [6.45, 7) is 4.96. The molecule has 33 heavy (non-hydrogen) atoms. The molecule has 1 saturated heterocycles. The normalized spacial score (nSPS) is 14.5. The molecule has 182 valence electrons. The number of halogens is 2. The minimum atomic E-state index is -0.279. The van der Waals surface area contributed by atoms with Gasteiger partial charge in [0.2, 0.25) is 0 Å². The second-order valence-electron chi connectivity index (χ2n) is 7.74. The molecule has 2 aromatic carbocycles. The SMILES string of the molecule is CCNC(=NCc1ccc(N2CCC(O)CC2)c(F)c1)NCc1ccc(OC)c(OC)c1.I. The number of aliphatic hydroxyl groups is 1. The third-order valence-electron chi connectivity index (χ3n) is 5.49. The van der Waals surface area contributed by atoms with Crippen molar-refractivity contribution in [3.63, 3.8) is 0 Å². The Bertz CT molecular complexity index is 921. The van der Waals surface area contributed by atoms with Crippen molar-refractivity contribution >= 4 is 35.6 Å². The van der Waals surface area contributed by atoms with Gasteiger partial charge in [-0.2, -0.15) is 0 Å². The predicted octanol–water partition coefficient (Wildman–Crippen LogP) is 3.68. The van der Waals surface area contributed by atoms with E-state index in [-0.39, 0.29) is 35.9 Å². The Morgan fingerprint density at radius 2 is 1.76 bits per heavy atom. The molecule has 0 aromatic heterocycles. The Kier molecular flexibility index (Phi) is 11.0. The van der Waals surface area contributed by atoms with Gasteiger partial charge in [-0.05, 0) is 55.2 Å². The highest BCUT2D eigenvalue weighted by Gasteiger charge is 2.19.